The van der Waals surface area contributed by atoms with Gasteiger partial charge < -0.3 is 4.98 Å². The minimum absolute atomic E-state index is 0.0777. The minimum Gasteiger partial charge on any atom is -0.334 e. The summed E-state index contributed by atoms with van der Waals surface area (Å²) >= 11 is 0. The van der Waals surface area contributed by atoms with Crippen molar-refractivity contribution in [1.29, 1.82) is 0 Å². The molecule has 1 aromatic rings. The molecule has 0 saturated heterocycles. The summed E-state index contributed by atoms with van der Waals surface area (Å²) in [6.45, 7) is 0. The van der Waals surface area contributed by atoms with Gasteiger partial charge in [-0.05, 0) is 17.3 Å². The van der Waals surface area contributed by atoms with Gasteiger partial charge in [-0.2, -0.15) is 5.10 Å². The second-order valence-corrected chi connectivity index (χ2v) is 3.70. The number of carbonyl (C=O) groups is 1. The van der Waals surface area contributed by atoms with Gasteiger partial charge in [-0.1, -0.05) is 0 Å². The second-order valence-electron chi connectivity index (χ2n) is 3.70. The predicted molar refractivity (Wildman–Crippen MR) is 55.3 cm³/mol. The van der Waals surface area contributed by atoms with Gasteiger partial charge in [0, 0.05) is 0 Å². The fourth-order valence-corrected chi connectivity index (χ4v) is 2.01. The summed E-state index contributed by atoms with van der Waals surface area (Å²) in [5.41, 5.74) is 2.84. The fourth-order valence-electron chi connectivity index (χ4n) is 2.01. The van der Waals surface area contributed by atoms with Crippen molar-refractivity contribution in [1.82, 2.24) is 30.6 Å². The molecule has 0 bridgehead atoms. The van der Waals surface area contributed by atoms with E-state index < -0.39 is 0 Å². The molecule has 1 aliphatic carbocycles. The van der Waals surface area contributed by atoms with E-state index in [2.05, 4.69) is 30.6 Å². The summed E-state index contributed by atoms with van der Waals surface area (Å²) in [4.78, 5) is 15.1. The molecular formula is C10H4N6O. The molecule has 7 heteroatoms. The van der Waals surface area contributed by atoms with E-state index in [1.165, 1.54) is 6.20 Å². The molecule has 7 nitrogen and oxygen atoms in total. The Balaban J connectivity index is 2.14. The Labute approximate surface area is 94.3 Å². The molecule has 0 spiro atoms. The number of ketones is 1. The highest BCUT2D eigenvalue weighted by molar-refractivity contribution is 6.20. The molecular weight excluding hydrogens is 220 g/mol. The molecule has 4 rings (SSSR count). The van der Waals surface area contributed by atoms with Crippen LogP contribution >= 0.6 is 0 Å². The van der Waals surface area contributed by atoms with Crippen LogP contribution in [0, 0.1) is 0 Å². The number of aromatic nitrogens is 6. The van der Waals surface area contributed by atoms with Crippen molar-refractivity contribution in [3.05, 3.63) is 29.5 Å². The van der Waals surface area contributed by atoms with E-state index in [-0.39, 0.29) is 5.78 Å². The van der Waals surface area contributed by atoms with E-state index in [1.54, 1.807) is 12.1 Å². The number of nitrogens with zero attached hydrogens (tertiary/aromatic N) is 5. The van der Waals surface area contributed by atoms with Crippen molar-refractivity contribution in [3.8, 4) is 22.9 Å². The Morgan fingerprint density at radius 3 is 3.00 bits per heavy atom. The molecule has 0 atom stereocenters. The van der Waals surface area contributed by atoms with Crippen molar-refractivity contribution in [2.45, 2.75) is 0 Å². The number of H-pyrrole nitrogens is 1. The lowest BCUT2D eigenvalue weighted by Gasteiger charge is -2.00. The first-order valence-corrected chi connectivity index (χ1v) is 4.93. The summed E-state index contributed by atoms with van der Waals surface area (Å²) in [5, 5.41) is 18.9. The van der Waals surface area contributed by atoms with E-state index >= 15 is 0 Å². The standard InChI is InChI=1S/C10H4N6O/c17-9-4-1-2-11-14-8(4)7-5(9)3-6-10(12-7)15-16-13-6/h1-3H,(H,12,13,15,16). The predicted octanol–water partition coefficient (Wildman–Crippen LogP) is 0.306. The molecule has 3 aliphatic rings. The highest BCUT2D eigenvalue weighted by Gasteiger charge is 2.31. The Morgan fingerprint density at radius 1 is 1.12 bits per heavy atom. The number of carbonyl (C=O) groups excluding carboxylic acids is 1. The van der Waals surface area contributed by atoms with Crippen molar-refractivity contribution in [3.63, 3.8) is 0 Å². The molecule has 0 fully saturated rings. The van der Waals surface area contributed by atoms with Crippen LogP contribution in [0.4, 0.5) is 0 Å². The third kappa shape index (κ3) is 0.949. The number of pyridine rings is 1. The maximum atomic E-state index is 12.1. The van der Waals surface area contributed by atoms with E-state index in [9.17, 15) is 4.79 Å². The monoisotopic (exact) mass is 224 g/mol. The Kier molecular flexibility index (Phi) is 1.34. The summed E-state index contributed by atoms with van der Waals surface area (Å²) in [6.07, 6.45) is 1.50. The Bertz CT molecular complexity index is 733. The zero-order valence-corrected chi connectivity index (χ0v) is 8.38. The molecule has 0 aromatic carbocycles. The Hall–Kier alpha value is -2.70. The van der Waals surface area contributed by atoms with Crippen molar-refractivity contribution in [2.24, 2.45) is 0 Å². The van der Waals surface area contributed by atoms with Gasteiger partial charge in [0.05, 0.1) is 23.0 Å². The number of nitrogens with one attached hydrogen (secondary N) is 1. The maximum absolute atomic E-state index is 12.1. The van der Waals surface area contributed by atoms with Crippen LogP contribution in [-0.2, 0) is 0 Å². The topological polar surface area (TPSA) is 97.3 Å². The molecule has 1 aromatic heterocycles. The molecule has 1 N–H and O–H groups in total. The fraction of sp³-hybridized carbons (Fsp3) is 0. The quantitative estimate of drug-likeness (QED) is 0.461. The smallest absolute Gasteiger partial charge is 0.197 e. The van der Waals surface area contributed by atoms with Gasteiger partial charge in [-0.15, -0.1) is 15.3 Å². The Morgan fingerprint density at radius 2 is 2.06 bits per heavy atom. The first kappa shape index (κ1) is 8.45. The van der Waals surface area contributed by atoms with Gasteiger partial charge >= 0.3 is 0 Å². The molecule has 0 saturated carbocycles. The number of aromatic amines is 1. The molecule has 0 radical (unpaired) electrons. The van der Waals surface area contributed by atoms with Crippen molar-refractivity contribution in [2.75, 3.05) is 0 Å². The van der Waals surface area contributed by atoms with Gasteiger partial charge in [0.25, 0.3) is 0 Å². The summed E-state index contributed by atoms with van der Waals surface area (Å²) < 4.78 is 0. The van der Waals surface area contributed by atoms with Crippen LogP contribution in [0.15, 0.2) is 18.3 Å². The number of hydrogen-bond donors (Lipinski definition) is 1. The largest absolute Gasteiger partial charge is 0.334 e. The van der Waals surface area contributed by atoms with E-state index in [4.69, 9.17) is 0 Å². The van der Waals surface area contributed by atoms with Crippen LogP contribution in [0.2, 0.25) is 0 Å². The molecule has 0 amide bonds. The number of rotatable bonds is 0. The lowest BCUT2D eigenvalue weighted by atomic mass is 10.1. The zero-order valence-electron chi connectivity index (χ0n) is 8.38. The van der Waals surface area contributed by atoms with Crippen LogP contribution in [-0.4, -0.2) is 36.4 Å². The lowest BCUT2D eigenvalue weighted by Crippen LogP contribution is -1.97. The summed E-state index contributed by atoms with van der Waals surface area (Å²) in [5.74, 6) is 0.459. The molecule has 17 heavy (non-hydrogen) atoms. The van der Waals surface area contributed by atoms with E-state index in [0.717, 1.165) is 0 Å². The maximum Gasteiger partial charge on any atom is 0.197 e. The molecule has 2 aliphatic heterocycles. The van der Waals surface area contributed by atoms with Crippen molar-refractivity contribution < 1.29 is 4.79 Å². The van der Waals surface area contributed by atoms with Crippen LogP contribution in [0.25, 0.3) is 22.9 Å². The average molecular weight is 224 g/mol. The van der Waals surface area contributed by atoms with Crippen LogP contribution in [0.3, 0.4) is 0 Å². The minimum atomic E-state index is -0.0777. The zero-order chi connectivity index (χ0) is 11.4. The van der Waals surface area contributed by atoms with Crippen LogP contribution in [0.1, 0.15) is 15.9 Å². The summed E-state index contributed by atoms with van der Waals surface area (Å²) in [7, 11) is 0. The van der Waals surface area contributed by atoms with Gasteiger partial charge in [0.1, 0.15) is 11.4 Å². The second kappa shape index (κ2) is 2.70. The van der Waals surface area contributed by atoms with Gasteiger partial charge in [-0.3, -0.25) is 4.79 Å². The first-order valence-electron chi connectivity index (χ1n) is 4.93. The van der Waals surface area contributed by atoms with Gasteiger partial charge in [-0.25, -0.2) is 0 Å². The van der Waals surface area contributed by atoms with E-state index in [1.807, 2.05) is 0 Å². The SMILES string of the molecule is O=C1c2ccnnc2-c2[nH]c3nnnc-3cc21. The third-order valence-corrected chi connectivity index (χ3v) is 2.78. The molecule has 0 unspecified atom stereocenters. The highest BCUT2D eigenvalue weighted by Crippen LogP contribution is 2.35. The number of fused-ring (bicyclic) bond motifs is 4. The lowest BCUT2D eigenvalue weighted by molar-refractivity contribution is 0.104. The van der Waals surface area contributed by atoms with Gasteiger partial charge in [0.2, 0.25) is 0 Å². The van der Waals surface area contributed by atoms with Crippen molar-refractivity contribution >= 4 is 5.78 Å². The number of hydrogen-bond acceptors (Lipinski definition) is 6. The van der Waals surface area contributed by atoms with Crippen LogP contribution in [0.5, 0.6) is 0 Å². The average Bonchev–Trinajstić information content (AvgIpc) is 2.92. The normalized spacial score (nSPS) is 12.8. The molecule has 80 valence electrons. The molecule has 3 heterocycles. The third-order valence-electron chi connectivity index (χ3n) is 2.78. The van der Waals surface area contributed by atoms with E-state index in [0.29, 0.717) is 34.0 Å². The first-order chi connectivity index (χ1) is 8.34. The highest BCUT2D eigenvalue weighted by atomic mass is 16.1. The van der Waals surface area contributed by atoms with Crippen LogP contribution < -0.4 is 0 Å². The summed E-state index contributed by atoms with van der Waals surface area (Å²) in [6, 6.07) is 3.33. The van der Waals surface area contributed by atoms with Gasteiger partial charge in [0.15, 0.2) is 11.6 Å².